The van der Waals surface area contributed by atoms with Crippen LogP contribution in [-0.4, -0.2) is 15.9 Å². The van der Waals surface area contributed by atoms with Crippen LogP contribution in [0, 0.1) is 5.92 Å². The minimum atomic E-state index is 0.117. The van der Waals surface area contributed by atoms with Crippen molar-refractivity contribution >= 4 is 5.91 Å². The molecular weight excluding hydrogens is 178 g/mol. The van der Waals surface area contributed by atoms with Gasteiger partial charge < -0.3 is 10.3 Å². The second-order valence-electron chi connectivity index (χ2n) is 3.27. The van der Waals surface area contributed by atoms with Gasteiger partial charge in [0.25, 0.3) is 0 Å². The summed E-state index contributed by atoms with van der Waals surface area (Å²) < 4.78 is 0. The molecule has 1 aromatic heterocycles. The quantitative estimate of drug-likeness (QED) is 0.747. The van der Waals surface area contributed by atoms with Crippen LogP contribution in [0.25, 0.3) is 0 Å². The number of carbonyl (C=O) groups is 1. The maximum Gasteiger partial charge on any atom is 0.223 e. The third-order valence-electron chi connectivity index (χ3n) is 2.34. The summed E-state index contributed by atoms with van der Waals surface area (Å²) in [5.41, 5.74) is 0. The van der Waals surface area contributed by atoms with Gasteiger partial charge in [-0.15, -0.1) is 0 Å². The third kappa shape index (κ3) is 2.87. The van der Waals surface area contributed by atoms with E-state index in [2.05, 4.69) is 15.3 Å². The highest BCUT2D eigenvalue weighted by atomic mass is 16.1. The van der Waals surface area contributed by atoms with Gasteiger partial charge in [0.2, 0.25) is 5.91 Å². The van der Waals surface area contributed by atoms with Crippen molar-refractivity contribution in [3.05, 3.63) is 18.2 Å². The van der Waals surface area contributed by atoms with Gasteiger partial charge in [0.1, 0.15) is 5.82 Å². The molecule has 0 aromatic carbocycles. The highest BCUT2D eigenvalue weighted by molar-refractivity contribution is 5.78. The number of rotatable bonds is 5. The number of nitrogens with one attached hydrogen (secondary N) is 2. The molecule has 1 amide bonds. The van der Waals surface area contributed by atoms with Crippen molar-refractivity contribution in [2.45, 2.75) is 33.2 Å². The lowest BCUT2D eigenvalue weighted by molar-refractivity contribution is -0.125. The van der Waals surface area contributed by atoms with Crippen LogP contribution < -0.4 is 5.32 Å². The van der Waals surface area contributed by atoms with Crippen LogP contribution in [0.15, 0.2) is 12.4 Å². The van der Waals surface area contributed by atoms with Crippen molar-refractivity contribution in [3.63, 3.8) is 0 Å². The van der Waals surface area contributed by atoms with Crippen molar-refractivity contribution in [2.24, 2.45) is 5.92 Å². The molecule has 0 bridgehead atoms. The molecule has 0 saturated heterocycles. The SMILES string of the molecule is CCC(CC)C(=O)NCc1ncc[nH]1. The molecular formula is C10H17N3O. The van der Waals surface area contributed by atoms with Crippen molar-refractivity contribution in [1.29, 1.82) is 0 Å². The summed E-state index contributed by atoms with van der Waals surface area (Å²) in [5, 5.41) is 2.85. The summed E-state index contributed by atoms with van der Waals surface area (Å²) in [6.07, 6.45) is 5.21. The van der Waals surface area contributed by atoms with Crippen LogP contribution in [0.3, 0.4) is 0 Å². The molecule has 2 N–H and O–H groups in total. The maximum atomic E-state index is 11.5. The number of hydrogen-bond donors (Lipinski definition) is 2. The molecule has 0 aliphatic carbocycles. The number of H-pyrrole nitrogens is 1. The molecule has 0 unspecified atom stereocenters. The molecule has 1 rings (SSSR count). The van der Waals surface area contributed by atoms with Gasteiger partial charge in [-0.05, 0) is 12.8 Å². The Morgan fingerprint density at radius 2 is 2.29 bits per heavy atom. The molecule has 4 heteroatoms. The number of carbonyl (C=O) groups excluding carboxylic acids is 1. The minimum absolute atomic E-state index is 0.117. The highest BCUT2D eigenvalue weighted by Crippen LogP contribution is 2.07. The normalized spacial score (nSPS) is 10.5. The first-order valence-corrected chi connectivity index (χ1v) is 5.03. The molecule has 0 radical (unpaired) electrons. The molecule has 1 aromatic rings. The van der Waals surface area contributed by atoms with Crippen molar-refractivity contribution in [1.82, 2.24) is 15.3 Å². The van der Waals surface area contributed by atoms with E-state index in [-0.39, 0.29) is 11.8 Å². The Kier molecular flexibility index (Phi) is 4.16. The molecule has 0 atom stereocenters. The van der Waals surface area contributed by atoms with Gasteiger partial charge in [-0.3, -0.25) is 4.79 Å². The fourth-order valence-electron chi connectivity index (χ4n) is 1.37. The fourth-order valence-corrected chi connectivity index (χ4v) is 1.37. The maximum absolute atomic E-state index is 11.5. The first-order chi connectivity index (χ1) is 6.77. The summed E-state index contributed by atoms with van der Waals surface area (Å²) in [5.74, 6) is 1.04. The van der Waals surface area contributed by atoms with E-state index in [1.54, 1.807) is 12.4 Å². The van der Waals surface area contributed by atoms with Crippen LogP contribution in [0.5, 0.6) is 0 Å². The number of aromatic nitrogens is 2. The minimum Gasteiger partial charge on any atom is -0.349 e. The predicted molar refractivity (Wildman–Crippen MR) is 54.5 cm³/mol. The molecule has 4 nitrogen and oxygen atoms in total. The molecule has 14 heavy (non-hydrogen) atoms. The number of imidazole rings is 1. The van der Waals surface area contributed by atoms with Crippen LogP contribution in [-0.2, 0) is 11.3 Å². The Morgan fingerprint density at radius 1 is 1.57 bits per heavy atom. The van der Waals surface area contributed by atoms with E-state index in [1.807, 2.05) is 13.8 Å². The first kappa shape index (κ1) is 10.8. The Morgan fingerprint density at radius 3 is 2.79 bits per heavy atom. The monoisotopic (exact) mass is 195 g/mol. The number of aromatic amines is 1. The van der Waals surface area contributed by atoms with Gasteiger partial charge in [0.05, 0.1) is 6.54 Å². The van der Waals surface area contributed by atoms with Gasteiger partial charge in [0.15, 0.2) is 0 Å². The molecule has 0 aliphatic heterocycles. The van der Waals surface area contributed by atoms with E-state index in [4.69, 9.17) is 0 Å². The van der Waals surface area contributed by atoms with Gasteiger partial charge in [-0.25, -0.2) is 4.98 Å². The zero-order chi connectivity index (χ0) is 10.4. The largest absolute Gasteiger partial charge is 0.349 e. The summed E-state index contributed by atoms with van der Waals surface area (Å²) in [7, 11) is 0. The average molecular weight is 195 g/mol. The standard InChI is InChI=1S/C10H17N3O/c1-3-8(4-2)10(14)13-7-9-11-5-6-12-9/h5-6,8H,3-4,7H2,1-2H3,(H,11,12)(H,13,14). The van der Waals surface area contributed by atoms with Gasteiger partial charge >= 0.3 is 0 Å². The van der Waals surface area contributed by atoms with Crippen molar-refractivity contribution in [3.8, 4) is 0 Å². The van der Waals surface area contributed by atoms with E-state index in [0.717, 1.165) is 18.7 Å². The van der Waals surface area contributed by atoms with Crippen LogP contribution in [0.4, 0.5) is 0 Å². The van der Waals surface area contributed by atoms with Crippen LogP contribution >= 0.6 is 0 Å². The van der Waals surface area contributed by atoms with Gasteiger partial charge in [0, 0.05) is 18.3 Å². The van der Waals surface area contributed by atoms with E-state index >= 15 is 0 Å². The smallest absolute Gasteiger partial charge is 0.223 e. The second kappa shape index (κ2) is 5.42. The van der Waals surface area contributed by atoms with E-state index in [0.29, 0.717) is 6.54 Å². The molecule has 0 aliphatic rings. The second-order valence-corrected chi connectivity index (χ2v) is 3.27. The van der Waals surface area contributed by atoms with Crippen molar-refractivity contribution < 1.29 is 4.79 Å². The van der Waals surface area contributed by atoms with Crippen LogP contribution in [0.1, 0.15) is 32.5 Å². The Labute approximate surface area is 84.1 Å². The Balaban J connectivity index is 2.34. The lowest BCUT2D eigenvalue weighted by Crippen LogP contribution is -2.29. The van der Waals surface area contributed by atoms with E-state index in [9.17, 15) is 4.79 Å². The number of nitrogens with zero attached hydrogens (tertiary/aromatic N) is 1. The average Bonchev–Trinajstić information content (AvgIpc) is 2.69. The topological polar surface area (TPSA) is 57.8 Å². The summed E-state index contributed by atoms with van der Waals surface area (Å²) in [6.45, 7) is 4.55. The highest BCUT2D eigenvalue weighted by Gasteiger charge is 2.13. The first-order valence-electron chi connectivity index (χ1n) is 5.03. The summed E-state index contributed by atoms with van der Waals surface area (Å²) in [4.78, 5) is 18.5. The Bertz CT molecular complexity index is 265. The molecule has 1 heterocycles. The third-order valence-corrected chi connectivity index (χ3v) is 2.34. The van der Waals surface area contributed by atoms with Gasteiger partial charge in [-0.1, -0.05) is 13.8 Å². The molecule has 0 fully saturated rings. The van der Waals surface area contributed by atoms with Crippen molar-refractivity contribution in [2.75, 3.05) is 0 Å². The molecule has 0 spiro atoms. The number of amides is 1. The number of hydrogen-bond acceptors (Lipinski definition) is 2. The summed E-state index contributed by atoms with van der Waals surface area (Å²) in [6, 6.07) is 0. The van der Waals surface area contributed by atoms with E-state index in [1.165, 1.54) is 0 Å². The predicted octanol–water partition coefficient (Wildman–Crippen LogP) is 1.46. The molecule has 0 saturated carbocycles. The van der Waals surface area contributed by atoms with Gasteiger partial charge in [-0.2, -0.15) is 0 Å². The molecule has 78 valence electrons. The summed E-state index contributed by atoms with van der Waals surface area (Å²) >= 11 is 0. The fraction of sp³-hybridized carbons (Fsp3) is 0.600. The van der Waals surface area contributed by atoms with Crippen LogP contribution in [0.2, 0.25) is 0 Å². The lowest BCUT2D eigenvalue weighted by Gasteiger charge is -2.11. The van der Waals surface area contributed by atoms with E-state index < -0.39 is 0 Å². The lowest BCUT2D eigenvalue weighted by atomic mass is 10.0. The zero-order valence-corrected chi connectivity index (χ0v) is 8.71. The zero-order valence-electron chi connectivity index (χ0n) is 8.71. The Hall–Kier alpha value is -1.32.